The van der Waals surface area contributed by atoms with Gasteiger partial charge in [0.15, 0.2) is 0 Å². The minimum atomic E-state index is 0.612. The Labute approximate surface area is 81.2 Å². The summed E-state index contributed by atoms with van der Waals surface area (Å²) in [4.78, 5) is 0. The number of aryl methyl sites for hydroxylation is 2. The van der Waals surface area contributed by atoms with Gasteiger partial charge in [0.1, 0.15) is 0 Å². The van der Waals surface area contributed by atoms with E-state index in [1.807, 2.05) is 7.05 Å². The third-order valence-corrected chi connectivity index (χ3v) is 2.48. The van der Waals surface area contributed by atoms with Crippen LogP contribution in [-0.2, 0) is 6.42 Å². The van der Waals surface area contributed by atoms with Crippen molar-refractivity contribution in [2.45, 2.75) is 32.7 Å². The molecule has 0 fully saturated rings. The Kier molecular flexibility index (Phi) is 3.97. The van der Waals surface area contributed by atoms with Gasteiger partial charge in [0.05, 0.1) is 0 Å². The molecule has 1 N–H and O–H groups in total. The van der Waals surface area contributed by atoms with Crippen molar-refractivity contribution in [2.75, 3.05) is 7.05 Å². The Morgan fingerprint density at radius 2 is 1.85 bits per heavy atom. The normalized spacial score (nSPS) is 12.8. The average molecular weight is 177 g/mol. The molecule has 0 saturated carbocycles. The van der Waals surface area contributed by atoms with E-state index in [1.165, 1.54) is 24.0 Å². The third kappa shape index (κ3) is 3.60. The lowest BCUT2D eigenvalue weighted by Crippen LogP contribution is -2.21. The van der Waals surface area contributed by atoms with Crippen LogP contribution >= 0.6 is 0 Å². The predicted molar refractivity (Wildman–Crippen MR) is 58.0 cm³/mol. The first-order valence-corrected chi connectivity index (χ1v) is 4.95. The molecule has 0 aliphatic heterocycles. The molecule has 0 aliphatic carbocycles. The zero-order valence-electron chi connectivity index (χ0n) is 8.80. The summed E-state index contributed by atoms with van der Waals surface area (Å²) < 4.78 is 0. The average Bonchev–Trinajstić information content (AvgIpc) is 2.16. The van der Waals surface area contributed by atoms with Crippen LogP contribution in [0.15, 0.2) is 24.3 Å². The van der Waals surface area contributed by atoms with Gasteiger partial charge in [-0.15, -0.1) is 0 Å². The monoisotopic (exact) mass is 177 g/mol. The Bertz CT molecular complexity index is 238. The van der Waals surface area contributed by atoms with Crippen LogP contribution in [0.3, 0.4) is 0 Å². The molecule has 1 nitrogen and oxygen atoms in total. The van der Waals surface area contributed by atoms with E-state index in [9.17, 15) is 0 Å². The summed E-state index contributed by atoms with van der Waals surface area (Å²) in [6, 6.07) is 9.41. The van der Waals surface area contributed by atoms with Crippen LogP contribution in [0.1, 0.15) is 24.5 Å². The Balaban J connectivity index is 2.41. The van der Waals surface area contributed by atoms with Crippen LogP contribution in [-0.4, -0.2) is 13.1 Å². The first kappa shape index (κ1) is 10.3. The van der Waals surface area contributed by atoms with E-state index in [2.05, 4.69) is 43.4 Å². The molecule has 0 spiro atoms. The highest BCUT2D eigenvalue weighted by molar-refractivity contribution is 5.21. The maximum atomic E-state index is 3.25. The SMILES string of the molecule is CNC(C)CCc1ccc(C)cc1. The second-order valence-corrected chi connectivity index (χ2v) is 3.71. The molecule has 0 bridgehead atoms. The van der Waals surface area contributed by atoms with Crippen molar-refractivity contribution < 1.29 is 0 Å². The van der Waals surface area contributed by atoms with Crippen molar-refractivity contribution in [3.63, 3.8) is 0 Å². The van der Waals surface area contributed by atoms with Crippen LogP contribution < -0.4 is 5.32 Å². The summed E-state index contributed by atoms with van der Waals surface area (Å²) in [6.07, 6.45) is 2.38. The number of nitrogens with one attached hydrogen (secondary N) is 1. The van der Waals surface area contributed by atoms with Crippen LogP contribution in [0, 0.1) is 6.92 Å². The first-order chi connectivity index (χ1) is 6.22. The lowest BCUT2D eigenvalue weighted by molar-refractivity contribution is 0.565. The van der Waals surface area contributed by atoms with E-state index < -0.39 is 0 Å². The first-order valence-electron chi connectivity index (χ1n) is 4.95. The summed E-state index contributed by atoms with van der Waals surface area (Å²) in [6.45, 7) is 4.34. The van der Waals surface area contributed by atoms with Gasteiger partial charge in [-0.3, -0.25) is 0 Å². The molecular formula is C12H19N. The van der Waals surface area contributed by atoms with E-state index in [0.29, 0.717) is 6.04 Å². The molecule has 0 aromatic heterocycles. The summed E-state index contributed by atoms with van der Waals surface area (Å²) in [5.74, 6) is 0. The smallest absolute Gasteiger partial charge is 0.00388 e. The molecule has 1 aromatic carbocycles. The summed E-state index contributed by atoms with van der Waals surface area (Å²) in [7, 11) is 2.01. The van der Waals surface area contributed by atoms with E-state index in [-0.39, 0.29) is 0 Å². The molecule has 1 heteroatoms. The number of rotatable bonds is 4. The lowest BCUT2D eigenvalue weighted by atomic mass is 10.1. The standard InChI is InChI=1S/C12H19N/c1-10-4-7-12(8-5-10)9-6-11(2)13-3/h4-5,7-8,11,13H,6,9H2,1-3H3. The highest BCUT2D eigenvalue weighted by atomic mass is 14.8. The van der Waals surface area contributed by atoms with Gasteiger partial charge in [0.2, 0.25) is 0 Å². The van der Waals surface area contributed by atoms with Crippen LogP contribution in [0.4, 0.5) is 0 Å². The molecule has 0 saturated heterocycles. The molecule has 1 unspecified atom stereocenters. The van der Waals surface area contributed by atoms with Gasteiger partial charge in [-0.1, -0.05) is 29.8 Å². The fourth-order valence-corrected chi connectivity index (χ4v) is 1.28. The van der Waals surface area contributed by atoms with Gasteiger partial charge in [-0.2, -0.15) is 0 Å². The van der Waals surface area contributed by atoms with Gasteiger partial charge in [0, 0.05) is 6.04 Å². The maximum absolute atomic E-state index is 3.25. The second kappa shape index (κ2) is 5.03. The highest BCUT2D eigenvalue weighted by Crippen LogP contribution is 2.06. The Morgan fingerprint density at radius 3 is 2.38 bits per heavy atom. The largest absolute Gasteiger partial charge is 0.317 e. The molecule has 72 valence electrons. The topological polar surface area (TPSA) is 12.0 Å². The molecule has 0 radical (unpaired) electrons. The predicted octanol–water partition coefficient (Wildman–Crippen LogP) is 2.54. The fourth-order valence-electron chi connectivity index (χ4n) is 1.28. The zero-order valence-corrected chi connectivity index (χ0v) is 8.80. The minimum absolute atomic E-state index is 0.612. The highest BCUT2D eigenvalue weighted by Gasteiger charge is 1.98. The molecule has 0 amide bonds. The van der Waals surface area contributed by atoms with E-state index in [1.54, 1.807) is 0 Å². The maximum Gasteiger partial charge on any atom is 0.00388 e. The number of hydrogen-bond acceptors (Lipinski definition) is 1. The van der Waals surface area contributed by atoms with Crippen molar-refractivity contribution in [1.82, 2.24) is 5.32 Å². The second-order valence-electron chi connectivity index (χ2n) is 3.71. The van der Waals surface area contributed by atoms with Gasteiger partial charge in [0.25, 0.3) is 0 Å². The van der Waals surface area contributed by atoms with Gasteiger partial charge >= 0.3 is 0 Å². The molecule has 13 heavy (non-hydrogen) atoms. The van der Waals surface area contributed by atoms with E-state index in [0.717, 1.165) is 0 Å². The van der Waals surface area contributed by atoms with E-state index >= 15 is 0 Å². The quantitative estimate of drug-likeness (QED) is 0.745. The molecule has 1 aromatic rings. The van der Waals surface area contributed by atoms with Crippen molar-refractivity contribution in [3.8, 4) is 0 Å². The van der Waals surface area contributed by atoms with Crippen LogP contribution in [0.2, 0.25) is 0 Å². The summed E-state index contributed by atoms with van der Waals surface area (Å²) in [5.41, 5.74) is 2.78. The molecule has 1 atom stereocenters. The van der Waals surface area contributed by atoms with Crippen molar-refractivity contribution in [3.05, 3.63) is 35.4 Å². The summed E-state index contributed by atoms with van der Waals surface area (Å²) in [5, 5.41) is 3.25. The van der Waals surface area contributed by atoms with Gasteiger partial charge in [-0.05, 0) is 39.3 Å². The van der Waals surface area contributed by atoms with Gasteiger partial charge < -0.3 is 5.32 Å². The molecular weight excluding hydrogens is 158 g/mol. The Hall–Kier alpha value is -0.820. The number of hydrogen-bond donors (Lipinski definition) is 1. The fraction of sp³-hybridized carbons (Fsp3) is 0.500. The van der Waals surface area contributed by atoms with Crippen LogP contribution in [0.25, 0.3) is 0 Å². The minimum Gasteiger partial charge on any atom is -0.317 e. The zero-order chi connectivity index (χ0) is 9.68. The Morgan fingerprint density at radius 1 is 1.23 bits per heavy atom. The van der Waals surface area contributed by atoms with Crippen molar-refractivity contribution in [1.29, 1.82) is 0 Å². The molecule has 0 aliphatic rings. The van der Waals surface area contributed by atoms with Gasteiger partial charge in [-0.25, -0.2) is 0 Å². The number of benzene rings is 1. The van der Waals surface area contributed by atoms with Crippen LogP contribution in [0.5, 0.6) is 0 Å². The molecule has 1 rings (SSSR count). The third-order valence-electron chi connectivity index (χ3n) is 2.48. The van der Waals surface area contributed by atoms with Crippen molar-refractivity contribution >= 4 is 0 Å². The van der Waals surface area contributed by atoms with Crippen molar-refractivity contribution in [2.24, 2.45) is 0 Å². The molecule has 0 heterocycles. The summed E-state index contributed by atoms with van der Waals surface area (Å²) >= 11 is 0. The van der Waals surface area contributed by atoms with E-state index in [4.69, 9.17) is 0 Å². The lowest BCUT2D eigenvalue weighted by Gasteiger charge is -2.09.